The molecule has 2 heterocycles. The molecule has 9 heteroatoms. The predicted molar refractivity (Wildman–Crippen MR) is 80.2 cm³/mol. The third kappa shape index (κ3) is 3.55. The van der Waals surface area contributed by atoms with Crippen molar-refractivity contribution < 1.29 is 19.3 Å². The first-order valence-corrected chi connectivity index (χ1v) is 6.97. The molecule has 1 unspecified atom stereocenters. The highest BCUT2D eigenvalue weighted by atomic mass is 16.7. The van der Waals surface area contributed by atoms with E-state index in [0.717, 1.165) is 5.82 Å². The molecule has 1 aliphatic heterocycles. The maximum atomic E-state index is 9.58. The van der Waals surface area contributed by atoms with Crippen LogP contribution in [0.4, 0.5) is 5.82 Å². The molecule has 0 amide bonds. The smallest absolute Gasteiger partial charge is 0.198 e. The number of aliphatic imine (C=N–C) groups is 1. The summed E-state index contributed by atoms with van der Waals surface area (Å²) in [6.45, 7) is 0.548. The first-order valence-electron chi connectivity index (χ1n) is 6.97. The van der Waals surface area contributed by atoms with Gasteiger partial charge in [0.25, 0.3) is 0 Å². The minimum atomic E-state index is -0.518. The molecular weight excluding hydrogens is 290 g/mol. The Kier molecular flexibility index (Phi) is 5.72. The zero-order valence-electron chi connectivity index (χ0n) is 13.0. The molecular formula is C13H23N5O4. The fourth-order valence-corrected chi connectivity index (χ4v) is 2.40. The maximum absolute atomic E-state index is 9.58. The molecule has 0 bridgehead atoms. The Labute approximate surface area is 129 Å². The van der Waals surface area contributed by atoms with Crippen molar-refractivity contribution in [1.29, 1.82) is 0 Å². The first kappa shape index (κ1) is 16.7. The summed E-state index contributed by atoms with van der Waals surface area (Å²) in [6.07, 6.45) is 1.36. The number of aliphatic hydroxyl groups excluding tert-OH is 1. The number of hydrogen-bond acceptors (Lipinski definition) is 8. The van der Waals surface area contributed by atoms with Crippen LogP contribution in [-0.2, 0) is 20.8 Å². The Balaban J connectivity index is 2.12. The van der Waals surface area contributed by atoms with Crippen molar-refractivity contribution in [1.82, 2.24) is 9.55 Å². The third-order valence-electron chi connectivity index (χ3n) is 3.59. The van der Waals surface area contributed by atoms with Crippen LogP contribution in [0.5, 0.6) is 0 Å². The van der Waals surface area contributed by atoms with Crippen LogP contribution in [0.2, 0.25) is 0 Å². The molecule has 2 rings (SSSR count). The Morgan fingerprint density at radius 2 is 2.14 bits per heavy atom. The van der Waals surface area contributed by atoms with Crippen molar-refractivity contribution in [2.45, 2.75) is 25.5 Å². The van der Waals surface area contributed by atoms with E-state index >= 15 is 0 Å². The number of anilines is 1. The summed E-state index contributed by atoms with van der Waals surface area (Å²) < 4.78 is 17.5. The van der Waals surface area contributed by atoms with E-state index in [4.69, 9.17) is 19.9 Å². The number of fused-ring (bicyclic) bond motifs is 1. The molecule has 4 N–H and O–H groups in total. The molecule has 0 aliphatic carbocycles. The van der Waals surface area contributed by atoms with Gasteiger partial charge in [0.2, 0.25) is 0 Å². The van der Waals surface area contributed by atoms with Gasteiger partial charge < -0.3 is 34.9 Å². The van der Waals surface area contributed by atoms with Crippen LogP contribution >= 0.6 is 0 Å². The minimum Gasteiger partial charge on any atom is -0.396 e. The number of nitrogens with one attached hydrogen (secondary N) is 1. The van der Waals surface area contributed by atoms with E-state index in [2.05, 4.69) is 15.3 Å². The molecule has 1 aromatic rings. The Morgan fingerprint density at radius 3 is 2.73 bits per heavy atom. The molecule has 0 spiro atoms. The second kappa shape index (κ2) is 7.54. The molecule has 0 saturated carbocycles. The number of hydrogen-bond donors (Lipinski definition) is 3. The van der Waals surface area contributed by atoms with Gasteiger partial charge >= 0.3 is 0 Å². The van der Waals surface area contributed by atoms with Crippen molar-refractivity contribution in [2.24, 2.45) is 16.6 Å². The average Bonchev–Trinajstić information content (AvgIpc) is 2.93. The molecule has 2 atom stereocenters. The fourth-order valence-electron chi connectivity index (χ4n) is 2.40. The average molecular weight is 313 g/mol. The molecule has 1 aromatic heterocycles. The number of guanidine groups is 1. The van der Waals surface area contributed by atoms with Crippen LogP contribution < -0.4 is 11.1 Å². The highest BCUT2D eigenvalue weighted by Gasteiger charge is 2.26. The zero-order valence-corrected chi connectivity index (χ0v) is 13.0. The highest BCUT2D eigenvalue weighted by Crippen LogP contribution is 2.29. The van der Waals surface area contributed by atoms with Crippen LogP contribution in [0.25, 0.3) is 0 Å². The third-order valence-corrected chi connectivity index (χ3v) is 3.59. The van der Waals surface area contributed by atoms with E-state index in [-0.39, 0.29) is 24.8 Å². The number of methoxy groups -OCH3 is 3. The van der Waals surface area contributed by atoms with Crippen molar-refractivity contribution in [2.75, 3.05) is 33.3 Å². The molecule has 1 aliphatic rings. The molecule has 0 radical (unpaired) electrons. The number of aliphatic hydroxyl groups is 1. The van der Waals surface area contributed by atoms with Gasteiger partial charge in [-0.2, -0.15) is 0 Å². The Bertz CT molecular complexity index is 515. The van der Waals surface area contributed by atoms with Gasteiger partial charge in [0.1, 0.15) is 11.5 Å². The molecule has 22 heavy (non-hydrogen) atoms. The van der Waals surface area contributed by atoms with Gasteiger partial charge in [-0.15, -0.1) is 0 Å². The lowest BCUT2D eigenvalue weighted by atomic mass is 10.1. The SMILES string of the molecule is COC(C[C@@H](CO)Cn1cnc2c1NC(N)=NC2OC)OC. The normalized spacial score (nSPS) is 18.8. The zero-order chi connectivity index (χ0) is 16.1. The van der Waals surface area contributed by atoms with Crippen LogP contribution in [-0.4, -0.2) is 54.8 Å². The minimum absolute atomic E-state index is 0.00739. The monoisotopic (exact) mass is 313 g/mol. The number of imidazole rings is 1. The van der Waals surface area contributed by atoms with Gasteiger partial charge in [0.15, 0.2) is 18.5 Å². The second-order valence-corrected chi connectivity index (χ2v) is 5.04. The van der Waals surface area contributed by atoms with Crippen LogP contribution in [0.1, 0.15) is 18.3 Å². The summed E-state index contributed by atoms with van der Waals surface area (Å²) in [5.74, 6) is 0.948. The number of rotatable bonds is 8. The topological polar surface area (TPSA) is 116 Å². The molecule has 0 aromatic carbocycles. The summed E-state index contributed by atoms with van der Waals surface area (Å²) in [6, 6.07) is 0. The standard InChI is InChI=1S/C13H23N5O4/c1-20-9(21-2)4-8(6-19)5-18-7-15-10-11(18)16-13(14)17-12(10)22-3/h7-9,12,19H,4-6H2,1-3H3,(H3,14,16,17)/t8-,12?/m1/s1. The number of nitrogens with two attached hydrogens (primary N) is 1. The second-order valence-electron chi connectivity index (χ2n) is 5.04. The predicted octanol–water partition coefficient (Wildman–Crippen LogP) is -0.114. The van der Waals surface area contributed by atoms with Crippen molar-refractivity contribution in [3.63, 3.8) is 0 Å². The summed E-state index contributed by atoms with van der Waals surface area (Å²) >= 11 is 0. The Morgan fingerprint density at radius 1 is 1.41 bits per heavy atom. The van der Waals surface area contributed by atoms with E-state index < -0.39 is 6.23 Å². The number of nitrogens with zero attached hydrogens (tertiary/aromatic N) is 3. The van der Waals surface area contributed by atoms with Crippen LogP contribution in [0.15, 0.2) is 11.3 Å². The number of ether oxygens (including phenoxy) is 3. The fraction of sp³-hybridized carbons (Fsp3) is 0.692. The maximum Gasteiger partial charge on any atom is 0.198 e. The van der Waals surface area contributed by atoms with E-state index in [9.17, 15) is 5.11 Å². The van der Waals surface area contributed by atoms with E-state index in [1.807, 2.05) is 4.57 Å². The summed E-state index contributed by atoms with van der Waals surface area (Å²) in [5.41, 5.74) is 6.43. The quantitative estimate of drug-likeness (QED) is 0.573. The summed E-state index contributed by atoms with van der Waals surface area (Å²) in [4.78, 5) is 8.44. The molecule has 0 saturated heterocycles. The van der Waals surface area contributed by atoms with Crippen LogP contribution in [0.3, 0.4) is 0 Å². The van der Waals surface area contributed by atoms with Gasteiger partial charge in [-0.05, 0) is 0 Å². The van der Waals surface area contributed by atoms with Crippen molar-refractivity contribution in [3.05, 3.63) is 12.0 Å². The lowest BCUT2D eigenvalue weighted by Gasteiger charge is -2.23. The van der Waals surface area contributed by atoms with Gasteiger partial charge in [-0.3, -0.25) is 0 Å². The highest BCUT2D eigenvalue weighted by molar-refractivity contribution is 5.93. The Hall–Kier alpha value is -1.68. The largest absolute Gasteiger partial charge is 0.396 e. The van der Waals surface area contributed by atoms with Gasteiger partial charge in [-0.1, -0.05) is 0 Å². The lowest BCUT2D eigenvalue weighted by molar-refractivity contribution is -0.117. The van der Waals surface area contributed by atoms with Crippen molar-refractivity contribution >= 4 is 11.8 Å². The summed E-state index contributed by atoms with van der Waals surface area (Å²) in [5, 5.41) is 12.6. The van der Waals surface area contributed by atoms with E-state index in [1.54, 1.807) is 27.7 Å². The van der Waals surface area contributed by atoms with Gasteiger partial charge in [-0.25, -0.2) is 9.98 Å². The number of aromatic nitrogens is 2. The molecule has 0 fully saturated rings. The van der Waals surface area contributed by atoms with Crippen molar-refractivity contribution in [3.8, 4) is 0 Å². The van der Waals surface area contributed by atoms with E-state index in [1.165, 1.54) is 0 Å². The summed E-state index contributed by atoms with van der Waals surface area (Å²) in [7, 11) is 4.70. The molecule has 9 nitrogen and oxygen atoms in total. The van der Waals surface area contributed by atoms with Crippen LogP contribution in [0, 0.1) is 5.92 Å². The van der Waals surface area contributed by atoms with E-state index in [0.29, 0.717) is 18.7 Å². The first-order chi connectivity index (χ1) is 10.6. The van der Waals surface area contributed by atoms with Gasteiger partial charge in [0, 0.05) is 46.8 Å². The molecule has 124 valence electrons. The van der Waals surface area contributed by atoms with Gasteiger partial charge in [0.05, 0.1) is 6.33 Å². The lowest BCUT2D eigenvalue weighted by Crippen LogP contribution is -2.30.